The predicted molar refractivity (Wildman–Crippen MR) is 162 cm³/mol. The number of rotatable bonds is 9. The molecule has 0 fully saturated rings. The summed E-state index contributed by atoms with van der Waals surface area (Å²) in [5.74, 6) is -0.712. The van der Waals surface area contributed by atoms with Gasteiger partial charge in [0.25, 0.3) is 11.8 Å². The first kappa shape index (κ1) is 27.9. The molecule has 0 unspecified atom stereocenters. The van der Waals surface area contributed by atoms with Crippen LogP contribution in [0.3, 0.4) is 0 Å². The SMILES string of the molecule is Cc1ccc(/C=C(\NC(=O)c2ccccc2)C(=O)Nc2ccc(SCC(=O)Nc3ccccc3Br)cc2)cc1. The molecule has 0 saturated carbocycles. The van der Waals surface area contributed by atoms with E-state index in [2.05, 4.69) is 31.9 Å². The van der Waals surface area contributed by atoms with E-state index in [0.29, 0.717) is 11.3 Å². The van der Waals surface area contributed by atoms with E-state index < -0.39 is 5.91 Å². The lowest BCUT2D eigenvalue weighted by Gasteiger charge is -2.12. The van der Waals surface area contributed by atoms with E-state index in [9.17, 15) is 14.4 Å². The minimum atomic E-state index is -0.451. The fourth-order valence-corrected chi connectivity index (χ4v) is 4.58. The molecule has 196 valence electrons. The van der Waals surface area contributed by atoms with E-state index >= 15 is 0 Å². The van der Waals surface area contributed by atoms with Gasteiger partial charge in [0.1, 0.15) is 5.70 Å². The Morgan fingerprint density at radius 3 is 2.15 bits per heavy atom. The molecule has 0 atom stereocenters. The van der Waals surface area contributed by atoms with Crippen molar-refractivity contribution in [3.05, 3.63) is 130 Å². The first-order chi connectivity index (χ1) is 18.9. The van der Waals surface area contributed by atoms with Crippen molar-refractivity contribution in [1.29, 1.82) is 0 Å². The molecule has 0 aliphatic carbocycles. The van der Waals surface area contributed by atoms with Gasteiger partial charge in [-0.15, -0.1) is 11.8 Å². The van der Waals surface area contributed by atoms with Crippen molar-refractivity contribution in [1.82, 2.24) is 5.32 Å². The number of amides is 3. The smallest absolute Gasteiger partial charge is 0.272 e. The zero-order valence-electron chi connectivity index (χ0n) is 21.1. The molecule has 3 N–H and O–H groups in total. The maximum Gasteiger partial charge on any atom is 0.272 e. The molecular formula is C31H26BrN3O3S. The maximum atomic E-state index is 13.2. The van der Waals surface area contributed by atoms with Crippen LogP contribution in [0.25, 0.3) is 6.08 Å². The van der Waals surface area contributed by atoms with Gasteiger partial charge in [0.05, 0.1) is 11.4 Å². The third-order valence-electron chi connectivity index (χ3n) is 5.55. The second-order valence-corrected chi connectivity index (χ2v) is 10.5. The van der Waals surface area contributed by atoms with Gasteiger partial charge in [-0.05, 0) is 83.0 Å². The van der Waals surface area contributed by atoms with Gasteiger partial charge in [0, 0.05) is 20.6 Å². The molecule has 0 saturated heterocycles. The highest BCUT2D eigenvalue weighted by atomic mass is 79.9. The quantitative estimate of drug-likeness (QED) is 0.144. The van der Waals surface area contributed by atoms with E-state index in [1.54, 1.807) is 42.5 Å². The zero-order chi connectivity index (χ0) is 27.6. The van der Waals surface area contributed by atoms with Crippen LogP contribution in [-0.2, 0) is 9.59 Å². The molecule has 0 bridgehead atoms. The molecule has 0 aliphatic heterocycles. The van der Waals surface area contributed by atoms with Gasteiger partial charge in [-0.1, -0.05) is 60.2 Å². The van der Waals surface area contributed by atoms with E-state index in [4.69, 9.17) is 0 Å². The summed E-state index contributed by atoms with van der Waals surface area (Å²) in [6, 6.07) is 31.0. The molecular weight excluding hydrogens is 574 g/mol. The van der Waals surface area contributed by atoms with Gasteiger partial charge in [0.2, 0.25) is 5.91 Å². The van der Waals surface area contributed by atoms with Crippen LogP contribution in [-0.4, -0.2) is 23.5 Å². The molecule has 0 aliphatic rings. The topological polar surface area (TPSA) is 87.3 Å². The summed E-state index contributed by atoms with van der Waals surface area (Å²) in [4.78, 5) is 39.2. The average molecular weight is 601 g/mol. The van der Waals surface area contributed by atoms with E-state index in [0.717, 1.165) is 26.2 Å². The molecule has 0 radical (unpaired) electrons. The number of para-hydroxylation sites is 1. The van der Waals surface area contributed by atoms with E-state index in [1.807, 2.05) is 73.7 Å². The predicted octanol–water partition coefficient (Wildman–Crippen LogP) is 6.90. The molecule has 39 heavy (non-hydrogen) atoms. The fraction of sp³-hybridized carbons (Fsp3) is 0.0645. The Morgan fingerprint density at radius 2 is 1.46 bits per heavy atom. The number of thioether (sulfide) groups is 1. The molecule has 4 aromatic rings. The Balaban J connectivity index is 1.40. The molecule has 4 aromatic carbocycles. The van der Waals surface area contributed by atoms with Crippen LogP contribution < -0.4 is 16.0 Å². The van der Waals surface area contributed by atoms with Crippen LogP contribution in [0.4, 0.5) is 11.4 Å². The van der Waals surface area contributed by atoms with Crippen LogP contribution in [0.2, 0.25) is 0 Å². The average Bonchev–Trinajstić information content (AvgIpc) is 2.95. The number of carbonyl (C=O) groups is 3. The Labute approximate surface area is 240 Å². The number of anilines is 2. The summed E-state index contributed by atoms with van der Waals surface area (Å²) in [5, 5.41) is 8.46. The summed E-state index contributed by atoms with van der Waals surface area (Å²) in [6.07, 6.45) is 1.64. The number of nitrogens with one attached hydrogen (secondary N) is 3. The van der Waals surface area contributed by atoms with Crippen molar-refractivity contribution in [2.75, 3.05) is 16.4 Å². The minimum absolute atomic E-state index is 0.120. The Kier molecular flexibility index (Phi) is 9.72. The van der Waals surface area contributed by atoms with E-state index in [1.165, 1.54) is 11.8 Å². The lowest BCUT2D eigenvalue weighted by Crippen LogP contribution is -2.30. The molecule has 0 aromatic heterocycles. The summed E-state index contributed by atoms with van der Waals surface area (Å²) in [5.41, 5.74) is 3.72. The van der Waals surface area contributed by atoms with Crippen molar-refractivity contribution in [3.8, 4) is 0 Å². The highest BCUT2D eigenvalue weighted by Crippen LogP contribution is 2.24. The van der Waals surface area contributed by atoms with Gasteiger partial charge < -0.3 is 16.0 Å². The van der Waals surface area contributed by atoms with Crippen LogP contribution in [0.1, 0.15) is 21.5 Å². The second kappa shape index (κ2) is 13.6. The lowest BCUT2D eigenvalue weighted by atomic mass is 10.1. The monoisotopic (exact) mass is 599 g/mol. The summed E-state index contributed by atoms with van der Waals surface area (Å²) in [6.45, 7) is 1.98. The lowest BCUT2D eigenvalue weighted by molar-refractivity contribution is -0.114. The number of aryl methyl sites for hydroxylation is 1. The van der Waals surface area contributed by atoms with Crippen LogP contribution in [0, 0.1) is 6.92 Å². The third-order valence-corrected chi connectivity index (χ3v) is 7.25. The number of hydrogen-bond donors (Lipinski definition) is 3. The highest BCUT2D eigenvalue weighted by molar-refractivity contribution is 9.10. The van der Waals surface area contributed by atoms with Crippen molar-refractivity contribution in [2.45, 2.75) is 11.8 Å². The second-order valence-electron chi connectivity index (χ2n) is 8.58. The zero-order valence-corrected chi connectivity index (χ0v) is 23.5. The number of carbonyl (C=O) groups excluding carboxylic acids is 3. The first-order valence-electron chi connectivity index (χ1n) is 12.1. The van der Waals surface area contributed by atoms with Gasteiger partial charge >= 0.3 is 0 Å². The molecule has 3 amide bonds. The van der Waals surface area contributed by atoms with Crippen LogP contribution in [0.5, 0.6) is 0 Å². The standard InChI is InChI=1S/C31H26BrN3O3S/c1-21-11-13-22(14-12-21)19-28(35-30(37)23-7-3-2-4-8-23)31(38)33-24-15-17-25(18-16-24)39-20-29(36)34-27-10-6-5-9-26(27)32/h2-19H,20H2,1H3,(H,33,38)(H,34,36)(H,35,37)/b28-19-. The number of benzene rings is 4. The first-order valence-corrected chi connectivity index (χ1v) is 13.9. The van der Waals surface area contributed by atoms with Gasteiger partial charge in [0.15, 0.2) is 0 Å². The van der Waals surface area contributed by atoms with Crippen LogP contribution in [0.15, 0.2) is 118 Å². The van der Waals surface area contributed by atoms with Gasteiger partial charge in [-0.25, -0.2) is 0 Å². The summed E-state index contributed by atoms with van der Waals surface area (Å²) < 4.78 is 0.819. The molecule has 8 heteroatoms. The number of hydrogen-bond acceptors (Lipinski definition) is 4. The van der Waals surface area contributed by atoms with Crippen molar-refractivity contribution in [2.24, 2.45) is 0 Å². The van der Waals surface area contributed by atoms with Gasteiger partial charge in [-0.2, -0.15) is 0 Å². The maximum absolute atomic E-state index is 13.2. The van der Waals surface area contributed by atoms with E-state index in [-0.39, 0.29) is 23.3 Å². The molecule has 4 rings (SSSR count). The minimum Gasteiger partial charge on any atom is -0.324 e. The molecule has 0 spiro atoms. The van der Waals surface area contributed by atoms with Crippen molar-refractivity contribution >= 4 is 62.9 Å². The summed E-state index contributed by atoms with van der Waals surface area (Å²) >= 11 is 4.81. The molecule has 0 heterocycles. The third kappa shape index (κ3) is 8.43. The van der Waals surface area contributed by atoms with Crippen molar-refractivity contribution < 1.29 is 14.4 Å². The largest absolute Gasteiger partial charge is 0.324 e. The number of halogens is 1. The van der Waals surface area contributed by atoms with Gasteiger partial charge in [-0.3, -0.25) is 14.4 Å². The van der Waals surface area contributed by atoms with Crippen LogP contribution >= 0.6 is 27.7 Å². The highest BCUT2D eigenvalue weighted by Gasteiger charge is 2.15. The molecule has 6 nitrogen and oxygen atoms in total. The summed E-state index contributed by atoms with van der Waals surface area (Å²) in [7, 11) is 0. The Bertz CT molecular complexity index is 1490. The fourth-order valence-electron chi connectivity index (χ4n) is 3.50. The Morgan fingerprint density at radius 1 is 0.795 bits per heavy atom. The van der Waals surface area contributed by atoms with Crippen molar-refractivity contribution in [3.63, 3.8) is 0 Å². The Hall–Kier alpha value is -4.14. The normalized spacial score (nSPS) is 11.0.